The number of carbonyl (C=O) groups is 2. The molecule has 0 saturated carbocycles. The van der Waals surface area contributed by atoms with E-state index in [4.69, 9.17) is 5.11 Å². The van der Waals surface area contributed by atoms with Gasteiger partial charge in [-0.15, -0.1) is 0 Å². The van der Waals surface area contributed by atoms with E-state index in [1.165, 1.54) is 4.90 Å². The summed E-state index contributed by atoms with van der Waals surface area (Å²) >= 11 is 0. The lowest BCUT2D eigenvalue weighted by atomic mass is 9.88. The van der Waals surface area contributed by atoms with Gasteiger partial charge >= 0.3 is 12.0 Å². The van der Waals surface area contributed by atoms with Crippen LogP contribution in [0.5, 0.6) is 0 Å². The summed E-state index contributed by atoms with van der Waals surface area (Å²) in [6.45, 7) is 3.92. The molecule has 0 aromatic carbocycles. The lowest BCUT2D eigenvalue weighted by Crippen LogP contribution is -2.45. The summed E-state index contributed by atoms with van der Waals surface area (Å²) in [4.78, 5) is 24.4. The number of carboxylic acids is 1. The molecule has 1 aromatic rings. The number of H-pyrrole nitrogens is 1. The quantitative estimate of drug-likeness (QED) is 0.718. The molecular formula is C12H20N4O3. The van der Waals surface area contributed by atoms with Crippen LogP contribution in [0, 0.1) is 5.41 Å². The lowest BCUT2D eigenvalue weighted by molar-refractivity contribution is -0.147. The molecule has 7 heteroatoms. The molecular weight excluding hydrogens is 248 g/mol. The minimum Gasteiger partial charge on any atom is -0.481 e. The van der Waals surface area contributed by atoms with Gasteiger partial charge < -0.3 is 15.3 Å². The van der Waals surface area contributed by atoms with E-state index in [0.29, 0.717) is 13.0 Å². The monoisotopic (exact) mass is 268 g/mol. The van der Waals surface area contributed by atoms with Gasteiger partial charge in [0.1, 0.15) is 0 Å². The van der Waals surface area contributed by atoms with Crippen molar-refractivity contribution in [1.82, 2.24) is 20.4 Å². The maximum absolute atomic E-state index is 11.8. The van der Waals surface area contributed by atoms with Crippen LogP contribution in [0.15, 0.2) is 12.4 Å². The Balaban J connectivity index is 2.48. The third-order valence-electron chi connectivity index (χ3n) is 3.25. The zero-order chi connectivity index (χ0) is 14.5. The number of amides is 2. The number of carboxylic acid groups (broad SMARTS) is 1. The highest BCUT2D eigenvalue weighted by atomic mass is 16.4. The Hall–Kier alpha value is -2.05. The summed E-state index contributed by atoms with van der Waals surface area (Å²) in [7, 11) is 1.65. The highest BCUT2D eigenvalue weighted by Crippen LogP contribution is 2.19. The number of hydrogen-bond donors (Lipinski definition) is 3. The van der Waals surface area contributed by atoms with Crippen molar-refractivity contribution in [3.05, 3.63) is 18.0 Å². The van der Waals surface area contributed by atoms with Gasteiger partial charge in [0, 0.05) is 25.4 Å². The molecule has 0 bridgehead atoms. The Morgan fingerprint density at radius 3 is 2.74 bits per heavy atom. The fraction of sp³-hybridized carbons (Fsp3) is 0.583. The van der Waals surface area contributed by atoms with Crippen LogP contribution >= 0.6 is 0 Å². The first kappa shape index (κ1) is 15.0. The molecule has 0 spiro atoms. The molecule has 0 saturated heterocycles. The number of aliphatic carboxylic acids is 1. The van der Waals surface area contributed by atoms with Crippen molar-refractivity contribution < 1.29 is 14.7 Å². The SMILES string of the molecule is CCC(C)(CNC(=O)N(C)Cc1cn[nH]c1)C(=O)O. The van der Waals surface area contributed by atoms with Crippen LogP contribution in [0.2, 0.25) is 0 Å². The van der Waals surface area contributed by atoms with Gasteiger partial charge in [0.05, 0.1) is 18.2 Å². The van der Waals surface area contributed by atoms with Crippen LogP contribution in [0.25, 0.3) is 0 Å². The second kappa shape index (κ2) is 6.21. The molecule has 0 aliphatic rings. The summed E-state index contributed by atoms with van der Waals surface area (Å²) in [6, 6.07) is -0.304. The lowest BCUT2D eigenvalue weighted by Gasteiger charge is -2.25. The molecule has 0 aliphatic heterocycles. The Morgan fingerprint density at radius 1 is 1.58 bits per heavy atom. The Bertz CT molecular complexity index is 432. The molecule has 106 valence electrons. The maximum atomic E-state index is 11.8. The Kier molecular flexibility index (Phi) is 4.91. The zero-order valence-electron chi connectivity index (χ0n) is 11.4. The zero-order valence-corrected chi connectivity index (χ0v) is 11.4. The van der Waals surface area contributed by atoms with Crippen LogP contribution < -0.4 is 5.32 Å². The van der Waals surface area contributed by atoms with E-state index in [1.807, 2.05) is 0 Å². The van der Waals surface area contributed by atoms with E-state index in [9.17, 15) is 9.59 Å². The molecule has 1 heterocycles. The van der Waals surface area contributed by atoms with E-state index < -0.39 is 11.4 Å². The van der Waals surface area contributed by atoms with E-state index in [-0.39, 0.29) is 12.6 Å². The molecule has 0 aliphatic carbocycles. The Morgan fingerprint density at radius 2 is 2.26 bits per heavy atom. The summed E-state index contributed by atoms with van der Waals surface area (Å²) in [5.41, 5.74) is -0.0549. The van der Waals surface area contributed by atoms with Crippen molar-refractivity contribution >= 4 is 12.0 Å². The van der Waals surface area contributed by atoms with Crippen LogP contribution in [0.1, 0.15) is 25.8 Å². The molecule has 3 N–H and O–H groups in total. The summed E-state index contributed by atoms with van der Waals surface area (Å²) in [6.07, 6.45) is 3.79. The molecule has 1 aromatic heterocycles. The van der Waals surface area contributed by atoms with E-state index in [1.54, 1.807) is 33.3 Å². The predicted octanol–water partition coefficient (Wildman–Crippen LogP) is 1.05. The van der Waals surface area contributed by atoms with Crippen molar-refractivity contribution in [2.24, 2.45) is 5.41 Å². The first-order valence-corrected chi connectivity index (χ1v) is 6.09. The molecule has 1 unspecified atom stereocenters. The van der Waals surface area contributed by atoms with Crippen molar-refractivity contribution in [2.75, 3.05) is 13.6 Å². The van der Waals surface area contributed by atoms with Gasteiger partial charge in [-0.2, -0.15) is 5.10 Å². The second-order valence-electron chi connectivity index (χ2n) is 4.84. The molecule has 1 atom stereocenters. The fourth-order valence-corrected chi connectivity index (χ4v) is 1.47. The third kappa shape index (κ3) is 3.97. The number of aromatic amines is 1. The van der Waals surface area contributed by atoms with E-state index in [2.05, 4.69) is 15.5 Å². The van der Waals surface area contributed by atoms with Gasteiger partial charge in [0.15, 0.2) is 0 Å². The topological polar surface area (TPSA) is 98.3 Å². The minimum atomic E-state index is -0.938. The molecule has 1 rings (SSSR count). The van der Waals surface area contributed by atoms with Crippen LogP contribution in [0.3, 0.4) is 0 Å². The fourth-order valence-electron chi connectivity index (χ4n) is 1.47. The largest absolute Gasteiger partial charge is 0.481 e. The van der Waals surface area contributed by atoms with Crippen LogP contribution in [-0.4, -0.2) is 45.8 Å². The molecule has 0 fully saturated rings. The number of nitrogens with one attached hydrogen (secondary N) is 2. The molecule has 7 nitrogen and oxygen atoms in total. The van der Waals surface area contributed by atoms with Gasteiger partial charge in [-0.3, -0.25) is 9.89 Å². The van der Waals surface area contributed by atoms with Crippen molar-refractivity contribution in [2.45, 2.75) is 26.8 Å². The molecule has 19 heavy (non-hydrogen) atoms. The first-order chi connectivity index (χ1) is 8.89. The maximum Gasteiger partial charge on any atom is 0.317 e. The number of carbonyl (C=O) groups excluding carboxylic acids is 1. The normalized spacial score (nSPS) is 13.6. The first-order valence-electron chi connectivity index (χ1n) is 6.09. The number of aromatic nitrogens is 2. The smallest absolute Gasteiger partial charge is 0.317 e. The van der Waals surface area contributed by atoms with Gasteiger partial charge in [0.2, 0.25) is 0 Å². The second-order valence-corrected chi connectivity index (χ2v) is 4.84. The van der Waals surface area contributed by atoms with Gasteiger partial charge in [-0.05, 0) is 13.3 Å². The van der Waals surface area contributed by atoms with E-state index in [0.717, 1.165) is 5.56 Å². The van der Waals surface area contributed by atoms with Crippen molar-refractivity contribution in [3.63, 3.8) is 0 Å². The highest BCUT2D eigenvalue weighted by Gasteiger charge is 2.31. The number of urea groups is 1. The van der Waals surface area contributed by atoms with Crippen molar-refractivity contribution in [1.29, 1.82) is 0 Å². The van der Waals surface area contributed by atoms with Gasteiger partial charge in [-0.25, -0.2) is 4.79 Å². The van der Waals surface area contributed by atoms with Crippen molar-refractivity contribution in [3.8, 4) is 0 Å². The average molecular weight is 268 g/mol. The highest BCUT2D eigenvalue weighted by molar-refractivity contribution is 5.77. The number of rotatable bonds is 6. The Labute approximate surface area is 112 Å². The molecule has 0 radical (unpaired) electrons. The summed E-state index contributed by atoms with van der Waals surface area (Å²) in [5, 5.41) is 18.2. The average Bonchev–Trinajstić information content (AvgIpc) is 2.87. The predicted molar refractivity (Wildman–Crippen MR) is 69.5 cm³/mol. The van der Waals surface area contributed by atoms with E-state index >= 15 is 0 Å². The van der Waals surface area contributed by atoms with Gasteiger partial charge in [-0.1, -0.05) is 6.92 Å². The third-order valence-corrected chi connectivity index (χ3v) is 3.25. The van der Waals surface area contributed by atoms with Crippen LogP contribution in [-0.2, 0) is 11.3 Å². The standard InChI is InChI=1S/C12H20N4O3/c1-4-12(2,10(17)18)8-13-11(19)16(3)7-9-5-14-15-6-9/h5-6H,4,7-8H2,1-3H3,(H,13,19)(H,14,15)(H,17,18). The van der Waals surface area contributed by atoms with Gasteiger partial charge in [0.25, 0.3) is 0 Å². The summed E-state index contributed by atoms with van der Waals surface area (Å²) < 4.78 is 0. The number of nitrogens with zero attached hydrogens (tertiary/aromatic N) is 2. The number of hydrogen-bond acceptors (Lipinski definition) is 3. The minimum absolute atomic E-state index is 0.105. The summed E-state index contributed by atoms with van der Waals surface area (Å²) in [5.74, 6) is -0.909. The van der Waals surface area contributed by atoms with Crippen LogP contribution in [0.4, 0.5) is 4.79 Å². The molecule has 2 amide bonds.